The highest BCUT2D eigenvalue weighted by atomic mass is 35.5. The second kappa shape index (κ2) is 6.16. The van der Waals surface area contributed by atoms with Gasteiger partial charge in [-0.05, 0) is 38.1 Å². The number of hydrogen-bond acceptors (Lipinski definition) is 3. The molecule has 1 aromatic rings. The zero-order valence-corrected chi connectivity index (χ0v) is 9.85. The van der Waals surface area contributed by atoms with Crippen molar-refractivity contribution in [3.05, 3.63) is 23.4 Å². The monoisotopic (exact) mass is 248 g/mol. The molecule has 1 aliphatic heterocycles. The zero-order chi connectivity index (χ0) is 9.80. The largest absolute Gasteiger partial charge is 0.473 e. The van der Waals surface area contributed by atoms with Gasteiger partial charge in [-0.3, -0.25) is 0 Å². The normalized spacial score (nSPS) is 16.9. The van der Waals surface area contributed by atoms with Gasteiger partial charge in [-0.15, -0.1) is 12.4 Å². The van der Waals surface area contributed by atoms with Crippen LogP contribution in [0.15, 0.2) is 18.3 Å². The molecule has 0 radical (unpaired) electrons. The van der Waals surface area contributed by atoms with Gasteiger partial charge in [0.25, 0.3) is 0 Å². The van der Waals surface area contributed by atoms with E-state index < -0.39 is 0 Å². The third-order valence-corrected chi connectivity index (χ3v) is 2.58. The molecule has 0 saturated carbocycles. The Morgan fingerprint density at radius 3 is 2.80 bits per heavy atom. The molecule has 0 atom stereocenters. The molecule has 1 saturated heterocycles. The molecular weight excluding hydrogens is 235 g/mol. The lowest BCUT2D eigenvalue weighted by atomic mass is 10.1. The fourth-order valence-corrected chi connectivity index (χ4v) is 1.70. The van der Waals surface area contributed by atoms with Crippen molar-refractivity contribution < 1.29 is 4.74 Å². The molecule has 3 nitrogen and oxygen atoms in total. The van der Waals surface area contributed by atoms with E-state index in [9.17, 15) is 0 Å². The summed E-state index contributed by atoms with van der Waals surface area (Å²) >= 11 is 5.94. The number of rotatable bonds is 2. The van der Waals surface area contributed by atoms with Crippen LogP contribution in [0.3, 0.4) is 0 Å². The van der Waals surface area contributed by atoms with Crippen molar-refractivity contribution in [2.45, 2.75) is 18.9 Å². The van der Waals surface area contributed by atoms with E-state index in [2.05, 4.69) is 10.3 Å². The van der Waals surface area contributed by atoms with E-state index in [0.717, 1.165) is 25.9 Å². The third kappa shape index (κ3) is 3.52. The average Bonchev–Trinajstić information content (AvgIpc) is 2.23. The van der Waals surface area contributed by atoms with Crippen molar-refractivity contribution in [1.82, 2.24) is 10.3 Å². The summed E-state index contributed by atoms with van der Waals surface area (Å²) in [7, 11) is 0. The van der Waals surface area contributed by atoms with E-state index in [1.165, 1.54) is 0 Å². The molecule has 5 heteroatoms. The van der Waals surface area contributed by atoms with Gasteiger partial charge >= 0.3 is 0 Å². The molecule has 0 unspecified atom stereocenters. The molecule has 84 valence electrons. The maximum Gasteiger partial charge on any atom is 0.232 e. The molecular formula is C10H14Cl2N2O. The van der Waals surface area contributed by atoms with Crippen LogP contribution in [0.2, 0.25) is 5.02 Å². The molecule has 0 amide bonds. The van der Waals surface area contributed by atoms with Crippen LogP contribution in [0.25, 0.3) is 0 Å². The standard InChI is InChI=1S/C10H13ClN2O.ClH/c11-9-2-1-5-13-10(9)14-8-3-6-12-7-4-8;/h1-2,5,8,12H,3-4,6-7H2;1H. The minimum absolute atomic E-state index is 0. The quantitative estimate of drug-likeness (QED) is 0.873. The summed E-state index contributed by atoms with van der Waals surface area (Å²) in [6.45, 7) is 2.02. The van der Waals surface area contributed by atoms with Crippen LogP contribution in [0.5, 0.6) is 5.88 Å². The smallest absolute Gasteiger partial charge is 0.232 e. The lowest BCUT2D eigenvalue weighted by Crippen LogP contribution is -2.34. The second-order valence-corrected chi connectivity index (χ2v) is 3.76. The summed E-state index contributed by atoms with van der Waals surface area (Å²) in [5.41, 5.74) is 0. The molecule has 1 N–H and O–H groups in total. The Balaban J connectivity index is 0.00000112. The maximum absolute atomic E-state index is 5.94. The van der Waals surface area contributed by atoms with Crippen molar-refractivity contribution in [2.24, 2.45) is 0 Å². The third-order valence-electron chi connectivity index (χ3n) is 2.29. The lowest BCUT2D eigenvalue weighted by Gasteiger charge is -2.23. The van der Waals surface area contributed by atoms with E-state index in [1.807, 2.05) is 0 Å². The van der Waals surface area contributed by atoms with Crippen LogP contribution >= 0.6 is 24.0 Å². The van der Waals surface area contributed by atoms with Crippen molar-refractivity contribution in [2.75, 3.05) is 13.1 Å². The molecule has 2 rings (SSSR count). The second-order valence-electron chi connectivity index (χ2n) is 3.36. The predicted molar refractivity (Wildman–Crippen MR) is 63.0 cm³/mol. The average molecular weight is 249 g/mol. The number of pyridine rings is 1. The summed E-state index contributed by atoms with van der Waals surface area (Å²) in [6.07, 6.45) is 3.99. The van der Waals surface area contributed by atoms with Crippen molar-refractivity contribution in [3.63, 3.8) is 0 Å². The van der Waals surface area contributed by atoms with Gasteiger partial charge in [0, 0.05) is 6.20 Å². The molecule has 0 aliphatic carbocycles. The first-order valence-electron chi connectivity index (χ1n) is 4.84. The van der Waals surface area contributed by atoms with E-state index >= 15 is 0 Å². The number of ether oxygens (including phenoxy) is 1. The van der Waals surface area contributed by atoms with Gasteiger partial charge in [-0.2, -0.15) is 0 Å². The number of halogens is 2. The zero-order valence-electron chi connectivity index (χ0n) is 8.28. The summed E-state index contributed by atoms with van der Waals surface area (Å²) in [5, 5.41) is 3.87. The number of piperidine rings is 1. The number of aromatic nitrogens is 1. The Hall–Kier alpha value is -0.510. The van der Waals surface area contributed by atoms with Crippen molar-refractivity contribution >= 4 is 24.0 Å². The Bertz CT molecular complexity index is 303. The lowest BCUT2D eigenvalue weighted by molar-refractivity contribution is 0.156. The van der Waals surface area contributed by atoms with Crippen LogP contribution in [-0.4, -0.2) is 24.2 Å². The highest BCUT2D eigenvalue weighted by Gasteiger charge is 2.15. The molecule has 1 aliphatic rings. The Morgan fingerprint density at radius 1 is 1.40 bits per heavy atom. The van der Waals surface area contributed by atoms with E-state index in [4.69, 9.17) is 16.3 Å². The molecule has 0 bridgehead atoms. The van der Waals surface area contributed by atoms with Gasteiger partial charge in [-0.25, -0.2) is 4.98 Å². The molecule has 2 heterocycles. The van der Waals surface area contributed by atoms with Crippen LogP contribution in [0, 0.1) is 0 Å². The van der Waals surface area contributed by atoms with Crippen LogP contribution in [-0.2, 0) is 0 Å². The van der Waals surface area contributed by atoms with Crippen molar-refractivity contribution in [3.8, 4) is 5.88 Å². The Kier molecular flexibility index (Phi) is 5.15. The molecule has 15 heavy (non-hydrogen) atoms. The SMILES string of the molecule is Cl.Clc1cccnc1OC1CCNCC1. The highest BCUT2D eigenvalue weighted by Crippen LogP contribution is 2.22. The van der Waals surface area contributed by atoms with Crippen molar-refractivity contribution in [1.29, 1.82) is 0 Å². The maximum atomic E-state index is 5.94. The summed E-state index contributed by atoms with van der Waals surface area (Å²) in [5.74, 6) is 0.557. The van der Waals surface area contributed by atoms with Gasteiger partial charge in [0.15, 0.2) is 0 Å². The minimum atomic E-state index is 0. The van der Waals surface area contributed by atoms with Gasteiger partial charge < -0.3 is 10.1 Å². The molecule has 0 aromatic carbocycles. The number of nitrogens with zero attached hydrogens (tertiary/aromatic N) is 1. The summed E-state index contributed by atoms with van der Waals surface area (Å²) in [4.78, 5) is 4.10. The van der Waals surface area contributed by atoms with E-state index in [1.54, 1.807) is 18.3 Å². The van der Waals surface area contributed by atoms with E-state index in [0.29, 0.717) is 10.9 Å². The van der Waals surface area contributed by atoms with Crippen LogP contribution < -0.4 is 10.1 Å². The molecule has 1 aromatic heterocycles. The molecule has 1 fully saturated rings. The first-order chi connectivity index (χ1) is 6.86. The Labute approximate surface area is 101 Å². The van der Waals surface area contributed by atoms with Gasteiger partial charge in [-0.1, -0.05) is 11.6 Å². The number of hydrogen-bond donors (Lipinski definition) is 1. The molecule has 0 spiro atoms. The summed E-state index contributed by atoms with van der Waals surface area (Å²) in [6, 6.07) is 3.60. The first-order valence-corrected chi connectivity index (χ1v) is 5.22. The van der Waals surface area contributed by atoms with Gasteiger partial charge in [0.05, 0.1) is 0 Å². The minimum Gasteiger partial charge on any atom is -0.473 e. The highest BCUT2D eigenvalue weighted by molar-refractivity contribution is 6.31. The fraction of sp³-hybridized carbons (Fsp3) is 0.500. The fourth-order valence-electron chi connectivity index (χ4n) is 1.53. The van der Waals surface area contributed by atoms with Gasteiger partial charge in [0.1, 0.15) is 11.1 Å². The van der Waals surface area contributed by atoms with E-state index in [-0.39, 0.29) is 18.5 Å². The van der Waals surface area contributed by atoms with Gasteiger partial charge in [0.2, 0.25) is 5.88 Å². The number of nitrogens with one attached hydrogen (secondary N) is 1. The Morgan fingerprint density at radius 2 is 2.13 bits per heavy atom. The van der Waals surface area contributed by atoms with Crippen LogP contribution in [0.1, 0.15) is 12.8 Å². The summed E-state index contributed by atoms with van der Waals surface area (Å²) < 4.78 is 5.70. The predicted octanol–water partition coefficient (Wildman–Crippen LogP) is 2.29. The topological polar surface area (TPSA) is 34.1 Å². The van der Waals surface area contributed by atoms with Crippen LogP contribution in [0.4, 0.5) is 0 Å². The first kappa shape index (κ1) is 12.6.